The molecular formula is C13H7BrF3NO3. The lowest BCUT2D eigenvalue weighted by Gasteiger charge is -2.12. The molecule has 1 aromatic heterocycles. The van der Waals surface area contributed by atoms with E-state index in [1.807, 2.05) is 0 Å². The summed E-state index contributed by atoms with van der Waals surface area (Å²) in [4.78, 5) is 22.6. The molecule has 2 aromatic rings. The van der Waals surface area contributed by atoms with E-state index in [2.05, 4.69) is 15.9 Å². The van der Waals surface area contributed by atoms with Gasteiger partial charge in [0.15, 0.2) is 0 Å². The molecule has 2 rings (SSSR count). The first-order valence-electron chi connectivity index (χ1n) is 5.53. The van der Waals surface area contributed by atoms with Gasteiger partial charge in [0.1, 0.15) is 0 Å². The topological polar surface area (TPSA) is 59.3 Å². The first-order chi connectivity index (χ1) is 9.70. The van der Waals surface area contributed by atoms with Gasteiger partial charge in [0.05, 0.1) is 11.1 Å². The number of benzene rings is 1. The van der Waals surface area contributed by atoms with Gasteiger partial charge in [-0.1, -0.05) is 15.9 Å². The zero-order chi connectivity index (χ0) is 15.8. The van der Waals surface area contributed by atoms with Crippen molar-refractivity contribution in [3.63, 3.8) is 0 Å². The molecule has 0 saturated carbocycles. The van der Waals surface area contributed by atoms with E-state index < -0.39 is 23.3 Å². The van der Waals surface area contributed by atoms with Crippen LogP contribution in [0.3, 0.4) is 0 Å². The smallest absolute Gasteiger partial charge is 0.417 e. The van der Waals surface area contributed by atoms with Crippen molar-refractivity contribution in [1.29, 1.82) is 0 Å². The third kappa shape index (κ3) is 3.15. The molecule has 1 N–H and O–H groups in total. The highest BCUT2D eigenvalue weighted by Gasteiger charge is 2.33. The highest BCUT2D eigenvalue weighted by molar-refractivity contribution is 9.10. The van der Waals surface area contributed by atoms with Gasteiger partial charge in [0, 0.05) is 22.4 Å². The van der Waals surface area contributed by atoms with Crippen molar-refractivity contribution < 1.29 is 23.1 Å². The predicted molar refractivity (Wildman–Crippen MR) is 71.7 cm³/mol. The monoisotopic (exact) mass is 361 g/mol. The Morgan fingerprint density at radius 2 is 1.86 bits per heavy atom. The number of pyridine rings is 1. The zero-order valence-electron chi connectivity index (χ0n) is 10.2. The molecule has 0 aliphatic carbocycles. The van der Waals surface area contributed by atoms with E-state index in [1.54, 1.807) is 0 Å². The lowest BCUT2D eigenvalue weighted by atomic mass is 10.2. The minimum Gasteiger partial charge on any atom is -0.478 e. The Balaban J connectivity index is 2.65. The molecule has 21 heavy (non-hydrogen) atoms. The Morgan fingerprint density at radius 3 is 2.43 bits per heavy atom. The van der Waals surface area contributed by atoms with Gasteiger partial charge in [-0.25, -0.2) is 4.79 Å². The van der Waals surface area contributed by atoms with E-state index in [-0.39, 0.29) is 15.7 Å². The molecule has 0 spiro atoms. The third-order valence-corrected chi connectivity index (χ3v) is 3.38. The summed E-state index contributed by atoms with van der Waals surface area (Å²) in [6.07, 6.45) is -3.61. The molecule has 4 nitrogen and oxygen atoms in total. The predicted octanol–water partition coefficient (Wildman–Crippen LogP) is 3.32. The van der Waals surface area contributed by atoms with Crippen LogP contribution in [0.25, 0.3) is 5.69 Å². The molecule has 0 atom stereocenters. The van der Waals surface area contributed by atoms with Gasteiger partial charge in [-0.15, -0.1) is 0 Å². The van der Waals surface area contributed by atoms with Crippen molar-refractivity contribution in [3.05, 3.63) is 62.5 Å². The molecule has 0 fully saturated rings. The van der Waals surface area contributed by atoms with Crippen LogP contribution >= 0.6 is 15.9 Å². The summed E-state index contributed by atoms with van der Waals surface area (Å²) in [6, 6.07) is 5.28. The summed E-state index contributed by atoms with van der Waals surface area (Å²) < 4.78 is 39.2. The van der Waals surface area contributed by atoms with Crippen LogP contribution in [0, 0.1) is 0 Å². The highest BCUT2D eigenvalue weighted by atomic mass is 79.9. The van der Waals surface area contributed by atoms with Crippen LogP contribution in [0.4, 0.5) is 13.2 Å². The second kappa shape index (κ2) is 5.36. The van der Waals surface area contributed by atoms with Gasteiger partial charge in [-0.3, -0.25) is 9.36 Å². The van der Waals surface area contributed by atoms with Crippen molar-refractivity contribution in [3.8, 4) is 5.69 Å². The molecule has 0 unspecified atom stereocenters. The lowest BCUT2D eigenvalue weighted by molar-refractivity contribution is -0.138. The van der Waals surface area contributed by atoms with Crippen molar-refractivity contribution >= 4 is 21.9 Å². The van der Waals surface area contributed by atoms with Crippen LogP contribution in [0.2, 0.25) is 0 Å². The molecule has 8 heteroatoms. The number of aromatic carboxylic acids is 1. The summed E-state index contributed by atoms with van der Waals surface area (Å²) in [5.41, 5.74) is -1.85. The summed E-state index contributed by atoms with van der Waals surface area (Å²) in [5.74, 6) is -1.28. The van der Waals surface area contributed by atoms with Crippen LogP contribution in [-0.2, 0) is 6.18 Å². The minimum atomic E-state index is -4.59. The molecule has 0 aliphatic rings. The van der Waals surface area contributed by atoms with Gasteiger partial charge in [-0.05, 0) is 24.3 Å². The molecule has 0 amide bonds. The summed E-state index contributed by atoms with van der Waals surface area (Å²) in [5, 5.41) is 8.87. The Labute approximate surface area is 124 Å². The first kappa shape index (κ1) is 15.3. The second-order valence-electron chi connectivity index (χ2n) is 4.09. The zero-order valence-corrected chi connectivity index (χ0v) is 11.8. The van der Waals surface area contributed by atoms with Gasteiger partial charge >= 0.3 is 12.1 Å². The van der Waals surface area contributed by atoms with E-state index in [0.29, 0.717) is 0 Å². The van der Waals surface area contributed by atoms with E-state index in [1.165, 1.54) is 6.07 Å². The number of carboxylic acids is 1. The number of rotatable bonds is 2. The average Bonchev–Trinajstić information content (AvgIpc) is 2.38. The maximum Gasteiger partial charge on any atom is 0.417 e. The van der Waals surface area contributed by atoms with E-state index in [4.69, 9.17) is 5.11 Å². The van der Waals surface area contributed by atoms with E-state index in [0.717, 1.165) is 35.0 Å². The number of halogens is 4. The fraction of sp³-hybridized carbons (Fsp3) is 0.0769. The van der Waals surface area contributed by atoms with Gasteiger partial charge in [0.25, 0.3) is 5.56 Å². The van der Waals surface area contributed by atoms with Crippen LogP contribution < -0.4 is 5.56 Å². The van der Waals surface area contributed by atoms with E-state index >= 15 is 0 Å². The Morgan fingerprint density at radius 1 is 1.19 bits per heavy atom. The summed E-state index contributed by atoms with van der Waals surface area (Å²) >= 11 is 2.79. The molecule has 1 heterocycles. The summed E-state index contributed by atoms with van der Waals surface area (Å²) in [6.45, 7) is 0. The molecule has 0 radical (unpaired) electrons. The number of carbonyl (C=O) groups is 1. The van der Waals surface area contributed by atoms with Crippen LogP contribution in [0.1, 0.15) is 15.9 Å². The largest absolute Gasteiger partial charge is 0.478 e. The van der Waals surface area contributed by atoms with E-state index in [9.17, 15) is 22.8 Å². The normalized spacial score (nSPS) is 11.4. The maximum absolute atomic E-state index is 12.8. The average molecular weight is 362 g/mol. The van der Waals surface area contributed by atoms with Crippen molar-refractivity contribution in [2.45, 2.75) is 6.18 Å². The number of hydrogen-bond donors (Lipinski definition) is 1. The Bertz CT molecular complexity index is 768. The number of hydrogen-bond acceptors (Lipinski definition) is 2. The number of nitrogens with zero attached hydrogens (tertiary/aromatic N) is 1. The fourth-order valence-corrected chi connectivity index (χ4v) is 2.17. The van der Waals surface area contributed by atoms with Crippen molar-refractivity contribution in [1.82, 2.24) is 4.57 Å². The highest BCUT2D eigenvalue weighted by Crippen LogP contribution is 2.35. The maximum atomic E-state index is 12.8. The summed E-state index contributed by atoms with van der Waals surface area (Å²) in [7, 11) is 0. The second-order valence-corrected chi connectivity index (χ2v) is 4.95. The Hall–Kier alpha value is -2.09. The molecule has 0 bridgehead atoms. The lowest BCUT2D eigenvalue weighted by Crippen LogP contribution is -2.19. The third-order valence-electron chi connectivity index (χ3n) is 2.69. The minimum absolute atomic E-state index is 0.0707. The first-order valence-corrected chi connectivity index (χ1v) is 6.32. The number of alkyl halides is 3. The standard InChI is InChI=1S/C13H7BrF3NO3/c14-10-3-2-8(5-9(10)13(15,16)17)18-6-7(12(20)21)1-4-11(18)19/h1-6H,(H,20,21). The van der Waals surface area contributed by atoms with Gasteiger partial charge < -0.3 is 5.11 Å². The SMILES string of the molecule is O=C(O)c1ccc(=O)n(-c2ccc(Br)c(C(F)(F)F)c2)c1. The van der Waals surface area contributed by atoms with Gasteiger partial charge in [0.2, 0.25) is 0 Å². The van der Waals surface area contributed by atoms with Crippen LogP contribution in [0.5, 0.6) is 0 Å². The number of aromatic nitrogens is 1. The molecule has 1 aromatic carbocycles. The van der Waals surface area contributed by atoms with Gasteiger partial charge in [-0.2, -0.15) is 13.2 Å². The molecule has 110 valence electrons. The van der Waals surface area contributed by atoms with Crippen molar-refractivity contribution in [2.24, 2.45) is 0 Å². The van der Waals surface area contributed by atoms with Crippen molar-refractivity contribution in [2.75, 3.05) is 0 Å². The fourth-order valence-electron chi connectivity index (χ4n) is 1.70. The molecule has 0 saturated heterocycles. The quantitative estimate of drug-likeness (QED) is 0.892. The molecular weight excluding hydrogens is 355 g/mol. The Kier molecular flexibility index (Phi) is 3.91. The molecule has 0 aliphatic heterocycles. The van der Waals surface area contributed by atoms with Crippen LogP contribution in [0.15, 0.2) is 45.8 Å². The number of carboxylic acid groups (broad SMARTS) is 1. The van der Waals surface area contributed by atoms with Crippen LogP contribution in [-0.4, -0.2) is 15.6 Å².